The molecule has 0 bridgehead atoms. The maximum absolute atomic E-state index is 14.2. The lowest BCUT2D eigenvalue weighted by Gasteiger charge is -2.32. The van der Waals surface area contributed by atoms with Gasteiger partial charge in [0.15, 0.2) is 6.04 Å². The van der Waals surface area contributed by atoms with Crippen LogP contribution in [0.1, 0.15) is 236 Å². The van der Waals surface area contributed by atoms with Crippen LogP contribution in [0.3, 0.4) is 0 Å². The van der Waals surface area contributed by atoms with Gasteiger partial charge in [0.25, 0.3) is 0 Å². The van der Waals surface area contributed by atoms with Gasteiger partial charge in [0.2, 0.25) is 41.4 Å². The lowest BCUT2D eigenvalue weighted by Crippen LogP contribution is -2.61. The van der Waals surface area contributed by atoms with Crippen LogP contribution in [0.4, 0.5) is 0 Å². The summed E-state index contributed by atoms with van der Waals surface area (Å²) < 4.78 is 11.6. The molecule has 18 nitrogen and oxygen atoms in total. The second kappa shape index (κ2) is 39.8. The summed E-state index contributed by atoms with van der Waals surface area (Å²) in [5, 5.41) is 27.1. The highest BCUT2D eigenvalue weighted by Crippen LogP contribution is 2.22. The molecule has 79 heavy (non-hydrogen) atoms. The Bertz CT molecular complexity index is 1860. The zero-order valence-electron chi connectivity index (χ0n) is 50.7. The SMILES string of the molecule is CCCCCCCC/C=C\CCCCCCCCCCCCCCC[C@@H]1CC(=O)N[C@@H]([C@@H](C)O)C(=O)N[C@@H](C(C)C)C(=O)N[C@@H](C)C(=O)N2CCC[C@@H]2C(=O)N[C@H]([C@@H](C)CC)C(=O)N[C@@H](C(C)C)C(=O)N[C@@H]([C@@H](C)OC)C(=O)O1. The van der Waals surface area contributed by atoms with Crippen LogP contribution in [0.5, 0.6) is 0 Å². The van der Waals surface area contributed by atoms with Crippen molar-refractivity contribution < 1.29 is 52.9 Å². The molecule has 0 unspecified atom stereocenters. The van der Waals surface area contributed by atoms with Gasteiger partial charge in [0.05, 0.1) is 18.6 Å². The number of hydrogen-bond acceptors (Lipinski definition) is 11. The number of nitrogens with one attached hydrogen (secondary N) is 6. The number of cyclic esters (lactones) is 1. The quantitative estimate of drug-likeness (QED) is 0.0205. The lowest BCUT2D eigenvalue weighted by atomic mass is 9.96. The minimum Gasteiger partial charge on any atom is -0.460 e. The van der Waals surface area contributed by atoms with Crippen molar-refractivity contribution in [2.45, 2.75) is 297 Å². The summed E-state index contributed by atoms with van der Waals surface area (Å²) in [7, 11) is 1.37. The van der Waals surface area contributed by atoms with Gasteiger partial charge in [-0.05, 0) is 89.9 Å². The fourth-order valence-corrected chi connectivity index (χ4v) is 10.3. The molecule has 7 N–H and O–H groups in total. The molecule has 2 fully saturated rings. The molecule has 0 spiro atoms. The third-order valence-electron chi connectivity index (χ3n) is 15.8. The number of methoxy groups -OCH3 is 1. The lowest BCUT2D eigenvalue weighted by molar-refractivity contribution is -0.158. The van der Waals surface area contributed by atoms with Crippen LogP contribution in [0.15, 0.2) is 12.2 Å². The van der Waals surface area contributed by atoms with Gasteiger partial charge >= 0.3 is 5.97 Å². The number of ether oxygens (including phenoxy) is 2. The second-order valence-corrected chi connectivity index (χ2v) is 23.4. The van der Waals surface area contributed by atoms with E-state index in [-0.39, 0.29) is 19.4 Å². The van der Waals surface area contributed by atoms with Crippen molar-refractivity contribution in [3.8, 4) is 0 Å². The van der Waals surface area contributed by atoms with Gasteiger partial charge in [-0.25, -0.2) is 4.79 Å². The molecule has 18 heteroatoms. The van der Waals surface area contributed by atoms with Crippen molar-refractivity contribution in [1.29, 1.82) is 0 Å². The first-order valence-corrected chi connectivity index (χ1v) is 30.9. The Labute approximate surface area is 475 Å². The average Bonchev–Trinajstić information content (AvgIpc) is 3.95. The zero-order chi connectivity index (χ0) is 58.9. The van der Waals surface area contributed by atoms with E-state index in [1.165, 1.54) is 129 Å². The molecule has 7 amide bonds. The van der Waals surface area contributed by atoms with E-state index in [2.05, 4.69) is 51.0 Å². The molecule has 2 saturated heterocycles. The van der Waals surface area contributed by atoms with Gasteiger partial charge in [-0.1, -0.05) is 170 Å². The highest BCUT2D eigenvalue weighted by molar-refractivity contribution is 5.98. The Hall–Kier alpha value is -4.58. The summed E-state index contributed by atoms with van der Waals surface area (Å²) in [5.41, 5.74) is 0. The zero-order valence-corrected chi connectivity index (χ0v) is 50.7. The molecule has 0 aromatic carbocycles. The van der Waals surface area contributed by atoms with Crippen molar-refractivity contribution >= 4 is 47.3 Å². The standard InChI is InChI=1S/C61H109N7O11/c1-12-14-15-16-17-18-19-20-21-22-23-24-25-26-27-28-29-30-31-32-33-34-35-37-47-40-49(70)63-53(45(9)69)59(75)65-50(41(3)4)56(72)62-44(8)60(76)68-39-36-38-48(68)55(71)66-52(43(7)13-2)58(74)64-51(42(5)6)57(73)67-54(46(10)78-11)61(77)79-47/h20-21,41-48,50-54,69H,12-19,22-40H2,1-11H3,(H,62,72)(H,63,70)(H,64,74)(H,65,75)(H,66,71)(H,67,73)/b21-20-/t43-,44-,45+,46+,47+,48+,50-,51-,52+,53-,54-/m0/s1. The minimum absolute atomic E-state index is 0.218. The molecular formula is C61H109N7O11. The number of carbonyl (C=O) groups excluding carboxylic acids is 8. The first kappa shape index (κ1) is 70.5. The molecular weight excluding hydrogens is 1010 g/mol. The number of amides is 7. The van der Waals surface area contributed by atoms with E-state index in [1.807, 2.05) is 6.92 Å². The number of allylic oxidation sites excluding steroid dienone is 2. The van der Waals surface area contributed by atoms with Crippen molar-refractivity contribution in [2.75, 3.05) is 13.7 Å². The largest absolute Gasteiger partial charge is 0.460 e. The summed E-state index contributed by atoms with van der Waals surface area (Å²) in [6.45, 7) is 17.4. The fourth-order valence-electron chi connectivity index (χ4n) is 10.3. The third-order valence-corrected chi connectivity index (χ3v) is 15.8. The number of fused-ring (bicyclic) bond motifs is 1. The fraction of sp³-hybridized carbons (Fsp3) is 0.836. The normalized spacial score (nSPS) is 25.1. The number of aliphatic hydroxyl groups excluding tert-OH is 1. The van der Waals surface area contributed by atoms with Crippen molar-refractivity contribution in [2.24, 2.45) is 17.8 Å². The first-order valence-electron chi connectivity index (χ1n) is 30.9. The molecule has 0 radical (unpaired) electrons. The number of carbonyl (C=O) groups is 8. The molecule has 0 aliphatic carbocycles. The molecule has 0 aromatic rings. The molecule has 11 atom stereocenters. The van der Waals surface area contributed by atoms with Crippen LogP contribution in [0.2, 0.25) is 0 Å². The van der Waals surface area contributed by atoms with Gasteiger partial charge in [-0.2, -0.15) is 0 Å². The second-order valence-electron chi connectivity index (χ2n) is 23.4. The Morgan fingerprint density at radius 2 is 1.01 bits per heavy atom. The van der Waals surface area contributed by atoms with E-state index in [0.717, 1.165) is 25.7 Å². The average molecular weight is 1120 g/mol. The minimum atomic E-state index is -1.52. The predicted molar refractivity (Wildman–Crippen MR) is 310 cm³/mol. The van der Waals surface area contributed by atoms with Gasteiger partial charge in [0, 0.05) is 13.7 Å². The Kier molecular flexibility index (Phi) is 35.5. The molecule has 2 rings (SSSR count). The molecule has 2 aliphatic heterocycles. The summed E-state index contributed by atoms with van der Waals surface area (Å²) in [5.74, 6) is -6.96. The number of rotatable bonds is 30. The first-order chi connectivity index (χ1) is 37.7. The van der Waals surface area contributed by atoms with Crippen LogP contribution in [-0.4, -0.2) is 132 Å². The van der Waals surface area contributed by atoms with Gasteiger partial charge < -0.3 is 51.4 Å². The van der Waals surface area contributed by atoms with Gasteiger partial charge in [0.1, 0.15) is 42.4 Å². The summed E-state index contributed by atoms with van der Waals surface area (Å²) in [4.78, 5) is 114. The Morgan fingerprint density at radius 1 is 0.570 bits per heavy atom. The summed E-state index contributed by atoms with van der Waals surface area (Å²) in [6.07, 6.45) is 27.6. The van der Waals surface area contributed by atoms with Crippen LogP contribution < -0.4 is 31.9 Å². The number of esters is 1. The van der Waals surface area contributed by atoms with Gasteiger partial charge in [-0.15, -0.1) is 0 Å². The predicted octanol–water partition coefficient (Wildman–Crippen LogP) is 8.15. The van der Waals surface area contributed by atoms with Crippen molar-refractivity contribution in [1.82, 2.24) is 36.8 Å². The number of unbranched alkanes of at least 4 members (excludes halogenated alkanes) is 19. The molecule has 0 saturated carbocycles. The topological polar surface area (TPSA) is 251 Å². The molecule has 454 valence electrons. The van der Waals surface area contributed by atoms with Crippen LogP contribution in [-0.2, 0) is 47.8 Å². The van der Waals surface area contributed by atoms with Crippen LogP contribution >= 0.6 is 0 Å². The van der Waals surface area contributed by atoms with Crippen molar-refractivity contribution in [3.05, 3.63) is 12.2 Å². The van der Waals surface area contributed by atoms with E-state index >= 15 is 0 Å². The smallest absolute Gasteiger partial charge is 0.331 e. The molecule has 2 heterocycles. The third kappa shape index (κ3) is 26.7. The number of hydrogen-bond donors (Lipinski definition) is 7. The number of nitrogens with zero attached hydrogens (tertiary/aromatic N) is 1. The molecule has 2 aliphatic rings. The maximum atomic E-state index is 14.2. The van der Waals surface area contributed by atoms with Gasteiger partial charge in [-0.3, -0.25) is 33.6 Å². The number of aliphatic hydroxyl groups is 1. The Morgan fingerprint density at radius 3 is 1.49 bits per heavy atom. The van der Waals surface area contributed by atoms with E-state index in [1.54, 1.807) is 41.5 Å². The van der Waals surface area contributed by atoms with Crippen molar-refractivity contribution in [3.63, 3.8) is 0 Å². The van der Waals surface area contributed by atoms with Crippen LogP contribution in [0.25, 0.3) is 0 Å². The van der Waals surface area contributed by atoms with E-state index in [4.69, 9.17) is 9.47 Å². The monoisotopic (exact) mass is 1120 g/mol. The molecule has 0 aromatic heterocycles. The van der Waals surface area contributed by atoms with Crippen LogP contribution in [0, 0.1) is 17.8 Å². The van der Waals surface area contributed by atoms with E-state index < -0.39 is 126 Å². The summed E-state index contributed by atoms with van der Waals surface area (Å²) in [6, 6.07) is -8.45. The highest BCUT2D eigenvalue weighted by Gasteiger charge is 2.41. The maximum Gasteiger partial charge on any atom is 0.331 e. The Balaban J connectivity index is 2.23. The highest BCUT2D eigenvalue weighted by atomic mass is 16.5. The van der Waals surface area contributed by atoms with E-state index in [0.29, 0.717) is 25.7 Å². The summed E-state index contributed by atoms with van der Waals surface area (Å²) >= 11 is 0. The van der Waals surface area contributed by atoms with E-state index in [9.17, 15) is 43.5 Å².